The number of amides is 3. The van der Waals surface area contributed by atoms with E-state index in [1.807, 2.05) is 30.3 Å². The van der Waals surface area contributed by atoms with Crippen LogP contribution in [-0.4, -0.2) is 58.5 Å². The van der Waals surface area contributed by atoms with Crippen LogP contribution in [-0.2, 0) is 30.3 Å². The van der Waals surface area contributed by atoms with Crippen molar-refractivity contribution >= 4 is 29.7 Å². The van der Waals surface area contributed by atoms with Crippen molar-refractivity contribution in [1.29, 1.82) is 0 Å². The molecule has 11 heteroatoms. The van der Waals surface area contributed by atoms with E-state index in [4.69, 9.17) is 21.9 Å². The van der Waals surface area contributed by atoms with E-state index in [-0.39, 0.29) is 25.2 Å². The van der Waals surface area contributed by atoms with E-state index in [1.54, 1.807) is 0 Å². The molecule has 2 unspecified atom stereocenters. The van der Waals surface area contributed by atoms with Gasteiger partial charge in [0.05, 0.1) is 12.5 Å². The Bertz CT molecular complexity index is 855. The number of rotatable bonds is 11. The van der Waals surface area contributed by atoms with Crippen molar-refractivity contribution in [3.63, 3.8) is 0 Å². The van der Waals surface area contributed by atoms with Gasteiger partial charge in [0, 0.05) is 19.9 Å². The first-order valence-electron chi connectivity index (χ1n) is 10.4. The Balaban J connectivity index is 2.09. The van der Waals surface area contributed by atoms with Crippen LogP contribution in [0.1, 0.15) is 44.6 Å². The van der Waals surface area contributed by atoms with E-state index in [0.717, 1.165) is 15.6 Å². The number of unbranched alkanes of at least 4 members (excludes halogenated alkanes) is 2. The highest BCUT2D eigenvalue weighted by Crippen LogP contribution is 2.25. The van der Waals surface area contributed by atoms with Crippen molar-refractivity contribution in [2.24, 2.45) is 22.2 Å². The number of nitrogens with zero attached hydrogens (tertiary/aromatic N) is 3. The molecular weight excluding hydrogens is 416 g/mol. The number of benzene rings is 1. The molecule has 1 aliphatic heterocycles. The van der Waals surface area contributed by atoms with Gasteiger partial charge in [-0.15, -0.1) is 0 Å². The van der Waals surface area contributed by atoms with Gasteiger partial charge >= 0.3 is 5.97 Å². The van der Waals surface area contributed by atoms with Crippen LogP contribution < -0.4 is 17.2 Å². The first-order chi connectivity index (χ1) is 15.2. The smallest absolute Gasteiger partial charge is 0.304 e. The van der Waals surface area contributed by atoms with Crippen LogP contribution >= 0.6 is 0 Å². The summed E-state index contributed by atoms with van der Waals surface area (Å²) in [6.45, 7) is 1.62. The minimum atomic E-state index is -1.06. The van der Waals surface area contributed by atoms with Crippen LogP contribution in [0.4, 0.5) is 0 Å². The minimum Gasteiger partial charge on any atom is -0.439 e. The monoisotopic (exact) mass is 446 g/mol. The molecule has 6 N–H and O–H groups in total. The number of carbonyl (C=O) groups is 4. The lowest BCUT2D eigenvalue weighted by Gasteiger charge is -2.44. The number of β-lactam (4-membered cyclic amide) rings is 1. The fourth-order valence-corrected chi connectivity index (χ4v) is 3.24. The van der Waals surface area contributed by atoms with Crippen molar-refractivity contribution in [1.82, 2.24) is 10.0 Å². The molecule has 11 nitrogen and oxygen atoms in total. The Labute approximate surface area is 186 Å². The highest BCUT2D eigenvalue weighted by molar-refractivity contribution is 6.00. The van der Waals surface area contributed by atoms with Crippen molar-refractivity contribution in [3.05, 3.63) is 35.9 Å². The molecule has 2 atom stereocenters. The largest absolute Gasteiger partial charge is 0.439 e. The maximum atomic E-state index is 13.1. The predicted molar refractivity (Wildman–Crippen MR) is 116 cm³/mol. The predicted octanol–water partition coefficient (Wildman–Crippen LogP) is -0.218. The topological polar surface area (TPSA) is 174 Å². The number of ether oxygens (including phenoxy) is 1. The van der Waals surface area contributed by atoms with Crippen molar-refractivity contribution in [2.75, 3.05) is 6.54 Å². The van der Waals surface area contributed by atoms with Gasteiger partial charge in [-0.2, -0.15) is 5.01 Å². The Hall–Kier alpha value is -3.47. The van der Waals surface area contributed by atoms with Crippen LogP contribution in [0.3, 0.4) is 0 Å². The molecule has 1 aliphatic rings. The third-order valence-electron chi connectivity index (χ3n) is 4.80. The van der Waals surface area contributed by atoms with E-state index < -0.39 is 36.0 Å². The highest BCUT2D eigenvalue weighted by atomic mass is 16.6. The van der Waals surface area contributed by atoms with E-state index in [1.165, 1.54) is 6.92 Å². The molecule has 0 aliphatic carbocycles. The summed E-state index contributed by atoms with van der Waals surface area (Å²) < 4.78 is 5.07. The number of imide groups is 1. The molecule has 0 aromatic heterocycles. The average molecular weight is 447 g/mol. The van der Waals surface area contributed by atoms with Gasteiger partial charge in [-0.1, -0.05) is 36.8 Å². The van der Waals surface area contributed by atoms with Gasteiger partial charge in [-0.3, -0.25) is 24.2 Å². The fourth-order valence-electron chi connectivity index (χ4n) is 3.24. The van der Waals surface area contributed by atoms with E-state index in [0.29, 0.717) is 25.8 Å². The van der Waals surface area contributed by atoms with Crippen LogP contribution in [0, 0.1) is 0 Å². The van der Waals surface area contributed by atoms with Gasteiger partial charge in [0.15, 0.2) is 5.96 Å². The zero-order valence-electron chi connectivity index (χ0n) is 18.1. The molecule has 0 radical (unpaired) electrons. The minimum absolute atomic E-state index is 0.00180. The molecule has 174 valence electrons. The van der Waals surface area contributed by atoms with Crippen molar-refractivity contribution in [3.8, 4) is 0 Å². The summed E-state index contributed by atoms with van der Waals surface area (Å²) >= 11 is 0. The lowest BCUT2D eigenvalue weighted by Crippen LogP contribution is -2.67. The lowest BCUT2D eigenvalue weighted by atomic mass is 10.1. The van der Waals surface area contributed by atoms with Crippen molar-refractivity contribution in [2.45, 2.75) is 57.7 Å². The molecule has 2 rings (SSSR count). The zero-order chi connectivity index (χ0) is 23.7. The molecule has 1 aromatic carbocycles. The van der Waals surface area contributed by atoms with Gasteiger partial charge in [0.25, 0.3) is 11.8 Å². The van der Waals surface area contributed by atoms with E-state index in [2.05, 4.69) is 4.99 Å². The Kier molecular flexibility index (Phi) is 9.14. The fraction of sp³-hybridized carbons (Fsp3) is 0.476. The second-order valence-electron chi connectivity index (χ2n) is 7.46. The van der Waals surface area contributed by atoms with Crippen LogP contribution in [0.2, 0.25) is 0 Å². The quantitative estimate of drug-likeness (QED) is 0.137. The molecule has 3 amide bonds. The summed E-state index contributed by atoms with van der Waals surface area (Å²) in [5.41, 5.74) is 17.4. The number of hydrogen-bond acceptors (Lipinski definition) is 7. The van der Waals surface area contributed by atoms with Crippen LogP contribution in [0.25, 0.3) is 0 Å². The van der Waals surface area contributed by atoms with Crippen molar-refractivity contribution < 1.29 is 23.9 Å². The first kappa shape index (κ1) is 24.8. The Morgan fingerprint density at radius 3 is 2.47 bits per heavy atom. The summed E-state index contributed by atoms with van der Waals surface area (Å²) in [7, 11) is 0. The maximum Gasteiger partial charge on any atom is 0.304 e. The Morgan fingerprint density at radius 1 is 1.19 bits per heavy atom. The lowest BCUT2D eigenvalue weighted by molar-refractivity contribution is -0.222. The number of hydrogen-bond donors (Lipinski definition) is 3. The zero-order valence-corrected chi connectivity index (χ0v) is 18.1. The summed E-state index contributed by atoms with van der Waals surface area (Å²) in [5.74, 6) is -2.45. The highest BCUT2D eigenvalue weighted by Gasteiger charge is 2.47. The van der Waals surface area contributed by atoms with Crippen LogP contribution in [0.5, 0.6) is 0 Å². The second kappa shape index (κ2) is 11.8. The number of guanidine groups is 1. The molecule has 1 aromatic rings. The van der Waals surface area contributed by atoms with E-state index in [9.17, 15) is 19.2 Å². The SMILES string of the molecule is CC(=O)OC1CC(=O)N1N(C(=O)CCCCCN=C(N)N)C(=O)C(N)Cc1ccccc1. The molecular formula is C21H30N6O5. The number of aliphatic imine (C=N–C) groups is 1. The molecule has 1 fully saturated rings. The number of esters is 1. The molecule has 1 heterocycles. The van der Waals surface area contributed by atoms with Gasteiger partial charge in [0.1, 0.15) is 0 Å². The summed E-state index contributed by atoms with van der Waals surface area (Å²) in [6, 6.07) is 8.02. The van der Waals surface area contributed by atoms with Gasteiger partial charge in [0.2, 0.25) is 12.1 Å². The standard InChI is InChI=1S/C21H30N6O5/c1-14(28)32-19-13-18(30)26(19)27(17(29)10-6-3-7-11-25-21(23)24)20(31)16(22)12-15-8-4-2-5-9-15/h2,4-5,8-9,16,19H,3,6-7,10-13,22H2,1H3,(H4,23,24,25). The maximum absolute atomic E-state index is 13.1. The van der Waals surface area contributed by atoms with Gasteiger partial charge in [-0.05, 0) is 24.8 Å². The van der Waals surface area contributed by atoms with Crippen LogP contribution in [0.15, 0.2) is 35.3 Å². The number of carbonyl (C=O) groups excluding carboxylic acids is 4. The second-order valence-corrected chi connectivity index (χ2v) is 7.46. The average Bonchev–Trinajstić information content (AvgIpc) is 2.73. The molecule has 0 saturated carbocycles. The molecule has 32 heavy (non-hydrogen) atoms. The third kappa shape index (κ3) is 7.05. The summed E-state index contributed by atoms with van der Waals surface area (Å²) in [4.78, 5) is 53.5. The number of hydrazine groups is 1. The van der Waals surface area contributed by atoms with E-state index >= 15 is 0 Å². The Morgan fingerprint density at radius 2 is 1.88 bits per heavy atom. The summed E-state index contributed by atoms with van der Waals surface area (Å²) in [5, 5.41) is 1.62. The number of nitrogens with two attached hydrogens (primary N) is 3. The molecule has 1 saturated heterocycles. The van der Waals surface area contributed by atoms with Gasteiger partial charge < -0.3 is 21.9 Å². The normalized spacial score (nSPS) is 16.0. The third-order valence-corrected chi connectivity index (χ3v) is 4.80. The summed E-state index contributed by atoms with van der Waals surface area (Å²) in [6.07, 6.45) is 0.816. The molecule has 0 bridgehead atoms. The molecule has 0 spiro atoms. The van der Waals surface area contributed by atoms with Gasteiger partial charge in [-0.25, -0.2) is 5.01 Å². The first-order valence-corrected chi connectivity index (χ1v) is 10.4.